The largest absolute Gasteiger partial charge is 0.507 e. The van der Waals surface area contributed by atoms with E-state index in [1.807, 2.05) is 0 Å². The van der Waals surface area contributed by atoms with Gasteiger partial charge in [0.05, 0.1) is 5.56 Å². The highest BCUT2D eigenvalue weighted by Gasteiger charge is 2.13. The molecule has 2 N–H and O–H groups in total. The van der Waals surface area contributed by atoms with E-state index >= 15 is 0 Å². The maximum atomic E-state index is 11.2. The van der Waals surface area contributed by atoms with Crippen LogP contribution in [0.25, 0.3) is 5.76 Å². The van der Waals surface area contributed by atoms with Gasteiger partial charge in [-0.15, -0.1) is 0 Å². The summed E-state index contributed by atoms with van der Waals surface area (Å²) in [5.41, 5.74) is 1.10. The SMILES string of the molecule is O=C(O)C(=O)/C=C(\O)c1ccccc1OCc1ccc(Cl)cc1. The number of hydrogen-bond donors (Lipinski definition) is 2. The summed E-state index contributed by atoms with van der Waals surface area (Å²) in [7, 11) is 0. The van der Waals surface area contributed by atoms with Crippen molar-refractivity contribution in [3.05, 3.63) is 70.8 Å². The number of aliphatic hydroxyl groups excluding tert-OH is 1. The third-order valence-electron chi connectivity index (χ3n) is 2.95. The van der Waals surface area contributed by atoms with Crippen LogP contribution in [0.1, 0.15) is 11.1 Å². The minimum Gasteiger partial charge on any atom is -0.507 e. The van der Waals surface area contributed by atoms with Gasteiger partial charge in [-0.25, -0.2) is 4.79 Å². The number of aliphatic hydroxyl groups is 1. The number of hydrogen-bond acceptors (Lipinski definition) is 4. The molecule has 0 amide bonds. The number of ether oxygens (including phenoxy) is 1. The zero-order chi connectivity index (χ0) is 16.8. The topological polar surface area (TPSA) is 83.8 Å². The van der Waals surface area contributed by atoms with Crippen LogP contribution in [0.2, 0.25) is 5.02 Å². The fourth-order valence-corrected chi connectivity index (χ4v) is 1.94. The van der Waals surface area contributed by atoms with E-state index in [4.69, 9.17) is 21.4 Å². The quantitative estimate of drug-likeness (QED) is 0.480. The lowest BCUT2D eigenvalue weighted by Crippen LogP contribution is -2.09. The van der Waals surface area contributed by atoms with Crippen molar-refractivity contribution in [2.75, 3.05) is 0 Å². The van der Waals surface area contributed by atoms with Gasteiger partial charge in [-0.1, -0.05) is 35.9 Å². The Labute approximate surface area is 137 Å². The minimum absolute atomic E-state index is 0.230. The predicted molar refractivity (Wildman–Crippen MR) is 85.5 cm³/mol. The van der Waals surface area contributed by atoms with Crippen LogP contribution < -0.4 is 4.74 Å². The van der Waals surface area contributed by atoms with E-state index < -0.39 is 17.5 Å². The Hall–Kier alpha value is -2.79. The Morgan fingerprint density at radius 3 is 2.35 bits per heavy atom. The number of aliphatic carboxylic acids is 1. The molecule has 0 heterocycles. The van der Waals surface area contributed by atoms with Crippen molar-refractivity contribution in [3.63, 3.8) is 0 Å². The zero-order valence-corrected chi connectivity index (χ0v) is 12.7. The normalized spacial score (nSPS) is 11.1. The third-order valence-corrected chi connectivity index (χ3v) is 3.20. The third kappa shape index (κ3) is 4.59. The van der Waals surface area contributed by atoms with Crippen LogP contribution in [0.15, 0.2) is 54.6 Å². The van der Waals surface area contributed by atoms with Gasteiger partial charge in [-0.2, -0.15) is 0 Å². The molecule has 0 aliphatic heterocycles. The van der Waals surface area contributed by atoms with Gasteiger partial charge in [-0.05, 0) is 29.8 Å². The molecule has 0 fully saturated rings. The van der Waals surface area contributed by atoms with Gasteiger partial charge in [0, 0.05) is 11.1 Å². The summed E-state index contributed by atoms with van der Waals surface area (Å²) in [6, 6.07) is 13.5. The van der Waals surface area contributed by atoms with Crippen molar-refractivity contribution in [3.8, 4) is 5.75 Å². The van der Waals surface area contributed by atoms with E-state index in [0.29, 0.717) is 16.8 Å². The first-order valence-corrected chi connectivity index (χ1v) is 6.99. The standard InChI is InChI=1S/C17H13ClO5/c18-12-7-5-11(6-8-12)10-23-16-4-2-1-3-13(16)14(19)9-15(20)17(21)22/h1-9,19H,10H2,(H,21,22)/b14-9-. The van der Waals surface area contributed by atoms with Gasteiger partial charge in [0.25, 0.3) is 5.78 Å². The number of rotatable bonds is 6. The Bertz CT molecular complexity index is 750. The molecule has 2 aromatic rings. The number of ketones is 1. The van der Waals surface area contributed by atoms with Crippen molar-refractivity contribution >= 4 is 29.1 Å². The first-order valence-electron chi connectivity index (χ1n) is 6.62. The highest BCUT2D eigenvalue weighted by atomic mass is 35.5. The molecule has 0 radical (unpaired) electrons. The average Bonchev–Trinajstić information content (AvgIpc) is 2.54. The van der Waals surface area contributed by atoms with Gasteiger partial charge in [0.1, 0.15) is 18.1 Å². The highest BCUT2D eigenvalue weighted by Crippen LogP contribution is 2.25. The lowest BCUT2D eigenvalue weighted by Gasteiger charge is -2.11. The maximum Gasteiger partial charge on any atom is 0.376 e. The van der Waals surface area contributed by atoms with E-state index in [1.54, 1.807) is 42.5 Å². The maximum absolute atomic E-state index is 11.2. The van der Waals surface area contributed by atoms with Crippen LogP contribution in [-0.4, -0.2) is 22.0 Å². The highest BCUT2D eigenvalue weighted by molar-refractivity contribution is 6.38. The second-order valence-corrected chi connectivity index (χ2v) is 5.05. The molecule has 0 bridgehead atoms. The lowest BCUT2D eigenvalue weighted by atomic mass is 10.1. The van der Waals surface area contributed by atoms with Crippen molar-refractivity contribution in [2.24, 2.45) is 0 Å². The van der Waals surface area contributed by atoms with E-state index in [2.05, 4.69) is 0 Å². The monoisotopic (exact) mass is 332 g/mol. The van der Waals surface area contributed by atoms with E-state index in [1.165, 1.54) is 6.07 Å². The number of carbonyl (C=O) groups excluding carboxylic acids is 1. The van der Waals surface area contributed by atoms with E-state index in [9.17, 15) is 14.7 Å². The molecule has 2 rings (SSSR count). The van der Waals surface area contributed by atoms with Crippen molar-refractivity contribution in [1.82, 2.24) is 0 Å². The molecule has 0 aliphatic rings. The van der Waals surface area contributed by atoms with Crippen LogP contribution in [0, 0.1) is 0 Å². The fraction of sp³-hybridized carbons (Fsp3) is 0.0588. The number of carbonyl (C=O) groups is 2. The lowest BCUT2D eigenvalue weighted by molar-refractivity contribution is -0.146. The van der Waals surface area contributed by atoms with Crippen molar-refractivity contribution < 1.29 is 24.5 Å². The summed E-state index contributed by atoms with van der Waals surface area (Å²) in [5, 5.41) is 19.1. The van der Waals surface area contributed by atoms with E-state index in [0.717, 1.165) is 5.56 Å². The predicted octanol–water partition coefficient (Wildman–Crippen LogP) is 3.47. The van der Waals surface area contributed by atoms with Gasteiger partial charge < -0.3 is 14.9 Å². The summed E-state index contributed by atoms with van der Waals surface area (Å²) in [6.07, 6.45) is 0.646. The second-order valence-electron chi connectivity index (χ2n) is 4.61. The molecule has 0 saturated carbocycles. The van der Waals surface area contributed by atoms with Crippen molar-refractivity contribution in [1.29, 1.82) is 0 Å². The first-order chi connectivity index (χ1) is 11.0. The molecule has 2 aromatic carbocycles. The molecule has 0 spiro atoms. The Kier molecular flexibility index (Phi) is 5.38. The first kappa shape index (κ1) is 16.6. The summed E-state index contributed by atoms with van der Waals surface area (Å²) in [5.74, 6) is -3.00. The second kappa shape index (κ2) is 7.47. The molecule has 6 heteroatoms. The molecular formula is C17H13ClO5. The molecule has 0 unspecified atom stereocenters. The number of carboxylic acids is 1. The molecule has 0 saturated heterocycles. The molecule has 0 aromatic heterocycles. The molecule has 23 heavy (non-hydrogen) atoms. The average molecular weight is 333 g/mol. The van der Waals surface area contributed by atoms with Gasteiger partial charge in [-0.3, -0.25) is 4.79 Å². The zero-order valence-electron chi connectivity index (χ0n) is 11.9. The molecule has 0 aliphatic carbocycles. The fourth-order valence-electron chi connectivity index (χ4n) is 1.81. The molecular weight excluding hydrogens is 320 g/mol. The van der Waals surface area contributed by atoms with Gasteiger partial charge in [0.15, 0.2) is 0 Å². The number of benzene rings is 2. The van der Waals surface area contributed by atoms with Crippen LogP contribution >= 0.6 is 11.6 Å². The van der Waals surface area contributed by atoms with Gasteiger partial charge in [0.2, 0.25) is 0 Å². The summed E-state index contributed by atoms with van der Waals surface area (Å²) >= 11 is 5.81. The van der Waals surface area contributed by atoms with Crippen LogP contribution in [0.4, 0.5) is 0 Å². The Morgan fingerprint density at radius 2 is 1.70 bits per heavy atom. The van der Waals surface area contributed by atoms with E-state index in [-0.39, 0.29) is 12.2 Å². The molecule has 118 valence electrons. The molecule has 0 atom stereocenters. The number of carboxylic acid groups (broad SMARTS) is 1. The minimum atomic E-state index is -1.64. The number of halogens is 1. The van der Waals surface area contributed by atoms with Crippen LogP contribution in [0.5, 0.6) is 5.75 Å². The summed E-state index contributed by atoms with van der Waals surface area (Å²) < 4.78 is 5.62. The summed E-state index contributed by atoms with van der Waals surface area (Å²) in [4.78, 5) is 21.7. The smallest absolute Gasteiger partial charge is 0.376 e. The Morgan fingerprint density at radius 1 is 1.04 bits per heavy atom. The number of para-hydroxylation sites is 1. The van der Waals surface area contributed by atoms with Crippen LogP contribution in [-0.2, 0) is 16.2 Å². The summed E-state index contributed by atoms with van der Waals surface area (Å²) in [6.45, 7) is 0.230. The Balaban J connectivity index is 2.18. The molecule has 5 nitrogen and oxygen atoms in total. The van der Waals surface area contributed by atoms with Crippen LogP contribution in [0.3, 0.4) is 0 Å². The van der Waals surface area contributed by atoms with Gasteiger partial charge >= 0.3 is 5.97 Å². The van der Waals surface area contributed by atoms with Crippen molar-refractivity contribution in [2.45, 2.75) is 6.61 Å².